The van der Waals surface area contributed by atoms with Gasteiger partial charge < -0.3 is 14.6 Å². The zero-order chi connectivity index (χ0) is 13.7. The van der Waals surface area contributed by atoms with Crippen molar-refractivity contribution in [3.63, 3.8) is 0 Å². The minimum atomic E-state index is -3.35. The van der Waals surface area contributed by atoms with Crippen molar-refractivity contribution in [3.05, 3.63) is 0 Å². The Hall–Kier alpha value is -0.250. The molecule has 0 aromatic carbocycles. The molecule has 2 aliphatic rings. The fourth-order valence-corrected chi connectivity index (χ4v) is 4.00. The van der Waals surface area contributed by atoms with Gasteiger partial charge in [-0.1, -0.05) is 0 Å². The monoisotopic (exact) mass is 294 g/mol. The molecule has 0 aliphatic carbocycles. The van der Waals surface area contributed by atoms with E-state index in [2.05, 4.69) is 0 Å². The fourth-order valence-electron chi connectivity index (χ4n) is 2.39. The van der Waals surface area contributed by atoms with Gasteiger partial charge in [-0.2, -0.15) is 17.0 Å². The van der Waals surface area contributed by atoms with Crippen LogP contribution >= 0.6 is 0 Å². The molecular weight excluding hydrogens is 272 g/mol. The van der Waals surface area contributed by atoms with Gasteiger partial charge in [0, 0.05) is 26.2 Å². The second-order valence-corrected chi connectivity index (χ2v) is 6.64. The number of aliphatic hydroxyl groups is 1. The Morgan fingerprint density at radius 2 is 1.68 bits per heavy atom. The quantitative estimate of drug-likeness (QED) is 0.706. The zero-order valence-electron chi connectivity index (χ0n) is 11.0. The van der Waals surface area contributed by atoms with E-state index < -0.39 is 10.2 Å². The summed E-state index contributed by atoms with van der Waals surface area (Å²) >= 11 is 0. The Morgan fingerprint density at radius 3 is 2.26 bits per heavy atom. The third kappa shape index (κ3) is 3.87. The minimum absolute atomic E-state index is 0.00624. The molecule has 0 aromatic heterocycles. The van der Waals surface area contributed by atoms with Gasteiger partial charge in [0.05, 0.1) is 32.5 Å². The van der Waals surface area contributed by atoms with Gasteiger partial charge in [0.2, 0.25) is 0 Å². The van der Waals surface area contributed by atoms with E-state index in [1.807, 2.05) is 0 Å². The standard InChI is InChI=1S/C11H22N2O5S/c14-7-10-18-11-1-3-12(4-2-11)19(15,16)13-5-8-17-9-6-13/h11,14H,1-10H2. The van der Waals surface area contributed by atoms with Gasteiger partial charge in [0.1, 0.15) is 0 Å². The van der Waals surface area contributed by atoms with E-state index in [4.69, 9.17) is 14.6 Å². The molecule has 8 heteroatoms. The van der Waals surface area contributed by atoms with Crippen LogP contribution in [0, 0.1) is 0 Å². The van der Waals surface area contributed by atoms with Crippen LogP contribution in [0.1, 0.15) is 12.8 Å². The van der Waals surface area contributed by atoms with Crippen LogP contribution in [0.4, 0.5) is 0 Å². The summed E-state index contributed by atoms with van der Waals surface area (Å²) in [5.74, 6) is 0. The lowest BCUT2D eigenvalue weighted by molar-refractivity contribution is 0.00177. The Balaban J connectivity index is 1.85. The highest BCUT2D eigenvalue weighted by molar-refractivity contribution is 7.86. The predicted molar refractivity (Wildman–Crippen MR) is 68.9 cm³/mol. The van der Waals surface area contributed by atoms with Crippen LogP contribution in [0.25, 0.3) is 0 Å². The maximum Gasteiger partial charge on any atom is 0.282 e. The van der Waals surface area contributed by atoms with E-state index >= 15 is 0 Å². The Bertz CT molecular complexity index is 361. The second-order valence-electron chi connectivity index (χ2n) is 4.71. The number of nitrogens with zero attached hydrogens (tertiary/aromatic N) is 2. The molecule has 0 saturated carbocycles. The number of ether oxygens (including phenoxy) is 2. The van der Waals surface area contributed by atoms with Gasteiger partial charge in [0.25, 0.3) is 10.2 Å². The summed E-state index contributed by atoms with van der Waals surface area (Å²) in [6.45, 7) is 3.09. The summed E-state index contributed by atoms with van der Waals surface area (Å²) in [6, 6.07) is 0. The first-order valence-corrected chi connectivity index (χ1v) is 8.09. The highest BCUT2D eigenvalue weighted by atomic mass is 32.2. The molecule has 0 unspecified atom stereocenters. The Morgan fingerprint density at radius 1 is 1.11 bits per heavy atom. The Labute approximate surface area is 114 Å². The van der Waals surface area contributed by atoms with Crippen molar-refractivity contribution in [1.29, 1.82) is 0 Å². The van der Waals surface area contributed by atoms with Crippen molar-refractivity contribution < 1.29 is 23.0 Å². The van der Waals surface area contributed by atoms with Crippen molar-refractivity contribution >= 4 is 10.2 Å². The van der Waals surface area contributed by atoms with E-state index in [0.717, 1.165) is 0 Å². The van der Waals surface area contributed by atoms with Crippen molar-refractivity contribution in [3.8, 4) is 0 Å². The first-order chi connectivity index (χ1) is 9.14. The summed E-state index contributed by atoms with van der Waals surface area (Å²) in [5, 5.41) is 8.70. The van der Waals surface area contributed by atoms with E-state index in [1.54, 1.807) is 0 Å². The molecule has 0 atom stereocenters. The number of aliphatic hydroxyl groups excluding tert-OH is 1. The largest absolute Gasteiger partial charge is 0.394 e. The molecular formula is C11H22N2O5S. The molecule has 2 aliphatic heterocycles. The van der Waals surface area contributed by atoms with Gasteiger partial charge >= 0.3 is 0 Å². The lowest BCUT2D eigenvalue weighted by atomic mass is 10.1. The van der Waals surface area contributed by atoms with E-state index in [-0.39, 0.29) is 12.7 Å². The molecule has 19 heavy (non-hydrogen) atoms. The lowest BCUT2D eigenvalue weighted by Crippen LogP contribution is -2.51. The van der Waals surface area contributed by atoms with Gasteiger partial charge in [0.15, 0.2) is 0 Å². The van der Waals surface area contributed by atoms with Crippen molar-refractivity contribution in [2.45, 2.75) is 18.9 Å². The summed E-state index contributed by atoms with van der Waals surface area (Å²) in [4.78, 5) is 0. The van der Waals surface area contributed by atoms with E-state index in [1.165, 1.54) is 8.61 Å². The first kappa shape index (κ1) is 15.1. The highest BCUT2D eigenvalue weighted by Crippen LogP contribution is 2.19. The van der Waals surface area contributed by atoms with Crippen molar-refractivity contribution in [2.24, 2.45) is 0 Å². The van der Waals surface area contributed by atoms with Gasteiger partial charge in [-0.15, -0.1) is 0 Å². The molecule has 2 saturated heterocycles. The summed E-state index contributed by atoms with van der Waals surface area (Å²) in [7, 11) is -3.35. The number of piperidine rings is 1. The molecule has 0 radical (unpaired) electrons. The number of hydrogen-bond acceptors (Lipinski definition) is 5. The molecule has 0 bridgehead atoms. The first-order valence-electron chi connectivity index (χ1n) is 6.70. The van der Waals surface area contributed by atoms with Crippen LogP contribution in [0.3, 0.4) is 0 Å². The van der Waals surface area contributed by atoms with Gasteiger partial charge in [-0.3, -0.25) is 0 Å². The predicted octanol–water partition coefficient (Wildman–Crippen LogP) is -0.963. The zero-order valence-corrected chi connectivity index (χ0v) is 11.8. The third-order valence-electron chi connectivity index (χ3n) is 3.47. The average molecular weight is 294 g/mol. The van der Waals surface area contributed by atoms with Crippen LogP contribution in [0.2, 0.25) is 0 Å². The van der Waals surface area contributed by atoms with Gasteiger partial charge in [-0.25, -0.2) is 0 Å². The maximum atomic E-state index is 12.4. The second kappa shape index (κ2) is 6.96. The molecule has 2 heterocycles. The lowest BCUT2D eigenvalue weighted by Gasteiger charge is -2.36. The molecule has 2 rings (SSSR count). The summed E-state index contributed by atoms with van der Waals surface area (Å²) in [6.07, 6.45) is 1.43. The number of morpholine rings is 1. The molecule has 112 valence electrons. The van der Waals surface area contributed by atoms with Crippen LogP contribution < -0.4 is 0 Å². The molecule has 1 N–H and O–H groups in total. The minimum Gasteiger partial charge on any atom is -0.394 e. The molecule has 0 aromatic rings. The van der Waals surface area contributed by atoms with Crippen LogP contribution in [0.5, 0.6) is 0 Å². The SMILES string of the molecule is O=S(=O)(N1CCOCC1)N1CCC(OCCO)CC1. The molecule has 0 spiro atoms. The third-order valence-corrected chi connectivity index (χ3v) is 5.50. The Kier molecular flexibility index (Phi) is 5.55. The number of rotatable bonds is 5. The van der Waals surface area contributed by atoms with E-state index in [9.17, 15) is 8.42 Å². The molecule has 2 fully saturated rings. The fraction of sp³-hybridized carbons (Fsp3) is 1.00. The normalized spacial score (nSPS) is 24.7. The smallest absolute Gasteiger partial charge is 0.282 e. The molecule has 7 nitrogen and oxygen atoms in total. The summed E-state index contributed by atoms with van der Waals surface area (Å²) < 4.78 is 38.4. The maximum absolute atomic E-state index is 12.4. The summed E-state index contributed by atoms with van der Waals surface area (Å²) in [5.41, 5.74) is 0. The van der Waals surface area contributed by atoms with Gasteiger partial charge in [-0.05, 0) is 12.8 Å². The van der Waals surface area contributed by atoms with Crippen LogP contribution in [-0.2, 0) is 19.7 Å². The van der Waals surface area contributed by atoms with Crippen LogP contribution in [-0.4, -0.2) is 80.8 Å². The van der Waals surface area contributed by atoms with E-state index in [0.29, 0.717) is 58.8 Å². The van der Waals surface area contributed by atoms with Crippen LogP contribution in [0.15, 0.2) is 0 Å². The highest BCUT2D eigenvalue weighted by Gasteiger charge is 2.33. The average Bonchev–Trinajstić information content (AvgIpc) is 2.46. The topological polar surface area (TPSA) is 79.3 Å². The number of hydrogen-bond donors (Lipinski definition) is 1. The van der Waals surface area contributed by atoms with Crippen molar-refractivity contribution in [2.75, 3.05) is 52.6 Å². The molecule has 0 amide bonds. The van der Waals surface area contributed by atoms with Crippen molar-refractivity contribution in [1.82, 2.24) is 8.61 Å².